The van der Waals surface area contributed by atoms with E-state index in [1.165, 1.54) is 11.3 Å². The third-order valence-electron chi connectivity index (χ3n) is 6.14. The van der Waals surface area contributed by atoms with E-state index in [0.29, 0.717) is 28.6 Å². The molecule has 5 rings (SSSR count). The van der Waals surface area contributed by atoms with Gasteiger partial charge in [-0.1, -0.05) is 11.6 Å². The van der Waals surface area contributed by atoms with Crippen LogP contribution < -0.4 is 11.1 Å². The Morgan fingerprint density at radius 3 is 3.00 bits per heavy atom. The van der Waals surface area contributed by atoms with Gasteiger partial charge in [0.2, 0.25) is 5.78 Å². The van der Waals surface area contributed by atoms with Crippen LogP contribution in [0.2, 0.25) is 5.02 Å². The number of thiazole rings is 1. The van der Waals surface area contributed by atoms with Crippen molar-refractivity contribution in [1.82, 2.24) is 20.2 Å². The molecule has 3 heterocycles. The fourth-order valence-electron chi connectivity index (χ4n) is 4.19. The molecule has 4 N–H and O–H groups in total. The largest absolute Gasteiger partial charge is 0.352 e. The molecule has 0 spiro atoms. The standard InChI is InChI=1S/C21H22ClN5O2S/c1-27-7-5-14-16(10-27)30-20(25-14)19(29)26-17-4-6-21(17,23)18(28)15-9-11-8-12(22)2-3-13(11)24-15/h2-3,8-9,17,24H,4-7,10,23H2,1H3,(H,26,29). The molecule has 2 aromatic heterocycles. The van der Waals surface area contributed by atoms with Gasteiger partial charge in [-0.05, 0) is 44.2 Å². The summed E-state index contributed by atoms with van der Waals surface area (Å²) in [5, 5.41) is 4.85. The highest BCUT2D eigenvalue weighted by Crippen LogP contribution is 2.35. The topological polar surface area (TPSA) is 104 Å². The number of halogens is 1. The van der Waals surface area contributed by atoms with Crippen LogP contribution in [-0.4, -0.2) is 51.7 Å². The molecule has 9 heteroatoms. The van der Waals surface area contributed by atoms with Crippen molar-refractivity contribution in [1.29, 1.82) is 0 Å². The van der Waals surface area contributed by atoms with E-state index < -0.39 is 11.6 Å². The summed E-state index contributed by atoms with van der Waals surface area (Å²) in [6, 6.07) is 6.75. The Morgan fingerprint density at radius 2 is 2.23 bits per heavy atom. The molecule has 1 amide bonds. The number of aromatic nitrogens is 2. The van der Waals surface area contributed by atoms with Crippen molar-refractivity contribution in [2.24, 2.45) is 5.73 Å². The first-order chi connectivity index (χ1) is 14.3. The molecule has 1 aliphatic carbocycles. The van der Waals surface area contributed by atoms with Crippen LogP contribution in [-0.2, 0) is 13.0 Å². The SMILES string of the molecule is CN1CCc2nc(C(=O)NC3CCC3(N)C(=O)c3cc4cc(Cl)ccc4[nH]3)sc2C1. The molecule has 2 unspecified atom stereocenters. The maximum absolute atomic E-state index is 13.2. The number of H-pyrrole nitrogens is 1. The average Bonchev–Trinajstić information content (AvgIpc) is 3.33. The van der Waals surface area contributed by atoms with E-state index in [2.05, 4.69) is 27.2 Å². The minimum atomic E-state index is -1.13. The predicted molar refractivity (Wildman–Crippen MR) is 117 cm³/mol. The Kier molecular flexibility index (Phi) is 4.70. The summed E-state index contributed by atoms with van der Waals surface area (Å²) in [5.74, 6) is -0.459. The molecular weight excluding hydrogens is 422 g/mol. The smallest absolute Gasteiger partial charge is 0.280 e. The van der Waals surface area contributed by atoms with Crippen molar-refractivity contribution < 1.29 is 9.59 Å². The molecule has 2 atom stereocenters. The first-order valence-corrected chi connectivity index (χ1v) is 11.1. The summed E-state index contributed by atoms with van der Waals surface area (Å²) in [6.45, 7) is 1.75. The van der Waals surface area contributed by atoms with Gasteiger partial charge in [-0.25, -0.2) is 4.98 Å². The Bertz CT molecular complexity index is 1170. The quantitative estimate of drug-likeness (QED) is 0.538. The van der Waals surface area contributed by atoms with Gasteiger partial charge in [0.05, 0.1) is 17.4 Å². The summed E-state index contributed by atoms with van der Waals surface area (Å²) < 4.78 is 0. The van der Waals surface area contributed by atoms with Gasteiger partial charge in [0, 0.05) is 40.3 Å². The molecule has 7 nitrogen and oxygen atoms in total. The number of nitrogens with one attached hydrogen (secondary N) is 2. The normalized spacial score (nSPS) is 23.8. The second-order valence-corrected chi connectivity index (χ2v) is 9.75. The number of ketones is 1. The zero-order valence-corrected chi connectivity index (χ0v) is 18.1. The second-order valence-electron chi connectivity index (χ2n) is 8.23. The number of amides is 1. The van der Waals surface area contributed by atoms with Gasteiger partial charge in [-0.2, -0.15) is 0 Å². The third-order valence-corrected chi connectivity index (χ3v) is 7.46. The Morgan fingerprint density at radius 1 is 1.40 bits per heavy atom. The maximum Gasteiger partial charge on any atom is 0.280 e. The molecule has 0 bridgehead atoms. The van der Waals surface area contributed by atoms with Crippen molar-refractivity contribution in [2.45, 2.75) is 37.4 Å². The number of hydrogen-bond acceptors (Lipinski definition) is 6. The van der Waals surface area contributed by atoms with Crippen LogP contribution in [0.5, 0.6) is 0 Å². The lowest BCUT2D eigenvalue weighted by molar-refractivity contribution is 0.0667. The molecule has 30 heavy (non-hydrogen) atoms. The van der Waals surface area contributed by atoms with Gasteiger partial charge in [-0.3, -0.25) is 9.59 Å². The highest BCUT2D eigenvalue weighted by molar-refractivity contribution is 7.13. The number of fused-ring (bicyclic) bond motifs is 2. The van der Waals surface area contributed by atoms with E-state index in [1.807, 2.05) is 6.07 Å². The van der Waals surface area contributed by atoms with Crippen molar-refractivity contribution in [2.75, 3.05) is 13.6 Å². The summed E-state index contributed by atoms with van der Waals surface area (Å²) in [7, 11) is 2.06. The number of benzene rings is 1. The zero-order valence-electron chi connectivity index (χ0n) is 16.5. The van der Waals surface area contributed by atoms with E-state index in [1.54, 1.807) is 18.2 Å². The Labute approximate surface area is 182 Å². The van der Waals surface area contributed by atoms with Crippen LogP contribution in [0, 0.1) is 0 Å². The Hall–Kier alpha value is -2.26. The number of Topliss-reactive ketones (excluding diaryl/α,β-unsaturated/α-hetero) is 1. The van der Waals surface area contributed by atoms with E-state index in [0.717, 1.165) is 41.0 Å². The first kappa shape index (κ1) is 19.7. The molecule has 1 aliphatic heterocycles. The van der Waals surface area contributed by atoms with Crippen LogP contribution in [0.25, 0.3) is 10.9 Å². The average molecular weight is 444 g/mol. The molecular formula is C21H22ClN5O2S. The van der Waals surface area contributed by atoms with E-state index >= 15 is 0 Å². The molecule has 2 aliphatic rings. The molecule has 156 valence electrons. The van der Waals surface area contributed by atoms with Gasteiger partial charge in [0.25, 0.3) is 5.91 Å². The number of nitrogens with zero attached hydrogens (tertiary/aromatic N) is 2. The summed E-state index contributed by atoms with van der Waals surface area (Å²) in [6.07, 6.45) is 2.03. The minimum absolute atomic E-state index is 0.202. The lowest BCUT2D eigenvalue weighted by atomic mass is 9.69. The summed E-state index contributed by atoms with van der Waals surface area (Å²) >= 11 is 7.47. The summed E-state index contributed by atoms with van der Waals surface area (Å²) in [4.78, 5) is 37.0. The number of rotatable bonds is 4. The van der Waals surface area contributed by atoms with Gasteiger partial charge >= 0.3 is 0 Å². The van der Waals surface area contributed by atoms with Crippen LogP contribution in [0.15, 0.2) is 24.3 Å². The number of likely N-dealkylation sites (N-methyl/N-ethyl adjacent to an activating group) is 1. The third kappa shape index (κ3) is 3.24. The predicted octanol–water partition coefficient (Wildman–Crippen LogP) is 2.74. The molecule has 0 radical (unpaired) electrons. The lowest BCUT2D eigenvalue weighted by Crippen LogP contribution is -2.69. The van der Waals surface area contributed by atoms with Crippen LogP contribution in [0.1, 0.15) is 43.7 Å². The van der Waals surface area contributed by atoms with Crippen LogP contribution >= 0.6 is 22.9 Å². The fraction of sp³-hybridized carbons (Fsp3) is 0.381. The van der Waals surface area contributed by atoms with Crippen molar-refractivity contribution in [3.8, 4) is 0 Å². The summed E-state index contributed by atoms with van der Waals surface area (Å²) in [5.41, 5.74) is 7.61. The van der Waals surface area contributed by atoms with Gasteiger partial charge in [0.1, 0.15) is 5.54 Å². The lowest BCUT2D eigenvalue weighted by Gasteiger charge is -2.45. The fourth-order valence-corrected chi connectivity index (χ4v) is 5.46. The zero-order chi connectivity index (χ0) is 21.0. The second kappa shape index (κ2) is 7.16. The highest BCUT2D eigenvalue weighted by Gasteiger charge is 2.51. The van der Waals surface area contributed by atoms with Crippen molar-refractivity contribution in [3.63, 3.8) is 0 Å². The van der Waals surface area contributed by atoms with Gasteiger partial charge in [0.15, 0.2) is 5.01 Å². The van der Waals surface area contributed by atoms with E-state index in [9.17, 15) is 9.59 Å². The first-order valence-electron chi connectivity index (χ1n) is 9.93. The van der Waals surface area contributed by atoms with E-state index in [4.69, 9.17) is 17.3 Å². The van der Waals surface area contributed by atoms with Gasteiger partial charge < -0.3 is 20.9 Å². The number of carbonyl (C=O) groups excluding carboxylic acids is 2. The minimum Gasteiger partial charge on any atom is -0.352 e. The molecule has 0 saturated heterocycles. The highest BCUT2D eigenvalue weighted by atomic mass is 35.5. The van der Waals surface area contributed by atoms with E-state index in [-0.39, 0.29) is 11.7 Å². The molecule has 1 aromatic carbocycles. The van der Waals surface area contributed by atoms with Crippen LogP contribution in [0.3, 0.4) is 0 Å². The van der Waals surface area contributed by atoms with Gasteiger partial charge in [-0.15, -0.1) is 11.3 Å². The number of carbonyl (C=O) groups is 2. The monoisotopic (exact) mass is 443 g/mol. The van der Waals surface area contributed by atoms with Crippen molar-refractivity contribution in [3.05, 3.63) is 50.6 Å². The number of aromatic amines is 1. The molecule has 3 aromatic rings. The van der Waals surface area contributed by atoms with Crippen molar-refractivity contribution >= 4 is 45.5 Å². The molecule has 1 saturated carbocycles. The number of nitrogens with two attached hydrogens (primary N) is 1. The number of hydrogen-bond donors (Lipinski definition) is 3. The Balaban J connectivity index is 1.33. The maximum atomic E-state index is 13.2. The van der Waals surface area contributed by atoms with Crippen LogP contribution in [0.4, 0.5) is 0 Å². The molecule has 1 fully saturated rings.